The van der Waals surface area contributed by atoms with E-state index in [-0.39, 0.29) is 11.7 Å². The fourth-order valence-electron chi connectivity index (χ4n) is 3.81. The molecular weight excluding hydrogens is 392 g/mol. The van der Waals surface area contributed by atoms with Gasteiger partial charge in [-0.05, 0) is 48.9 Å². The molecule has 168 valence electrons. The van der Waals surface area contributed by atoms with Gasteiger partial charge in [0, 0.05) is 51.0 Å². The number of carbonyl (C=O) groups excluding carboxylic acids is 2. The maximum absolute atomic E-state index is 13.1. The molecule has 2 aromatic rings. The van der Waals surface area contributed by atoms with Gasteiger partial charge in [-0.3, -0.25) is 14.5 Å². The lowest BCUT2D eigenvalue weighted by Gasteiger charge is -2.31. The molecule has 0 aliphatic carbocycles. The van der Waals surface area contributed by atoms with Crippen molar-refractivity contribution in [3.63, 3.8) is 0 Å². The zero-order valence-corrected chi connectivity index (χ0v) is 18.7. The number of hydrogen-bond acceptors (Lipinski definition) is 6. The molecule has 0 spiro atoms. The van der Waals surface area contributed by atoms with E-state index >= 15 is 0 Å². The van der Waals surface area contributed by atoms with Crippen molar-refractivity contribution in [2.75, 3.05) is 71.0 Å². The lowest BCUT2D eigenvalue weighted by molar-refractivity contribution is -0.130. The first-order valence-electron chi connectivity index (χ1n) is 11.0. The van der Waals surface area contributed by atoms with E-state index in [9.17, 15) is 9.59 Å². The summed E-state index contributed by atoms with van der Waals surface area (Å²) in [5, 5.41) is 2.07. The van der Waals surface area contributed by atoms with Crippen molar-refractivity contribution >= 4 is 28.2 Å². The van der Waals surface area contributed by atoms with Gasteiger partial charge >= 0.3 is 0 Å². The molecule has 1 aliphatic rings. The van der Waals surface area contributed by atoms with Crippen molar-refractivity contribution in [1.29, 1.82) is 0 Å². The van der Waals surface area contributed by atoms with Crippen molar-refractivity contribution < 1.29 is 14.3 Å². The minimum Gasteiger partial charge on any atom is -0.379 e. The summed E-state index contributed by atoms with van der Waals surface area (Å²) in [4.78, 5) is 30.9. The number of ketones is 1. The number of amides is 1. The number of rotatable bonds is 10. The van der Waals surface area contributed by atoms with E-state index in [4.69, 9.17) is 10.5 Å². The summed E-state index contributed by atoms with van der Waals surface area (Å²) >= 11 is 0. The van der Waals surface area contributed by atoms with E-state index < -0.39 is 0 Å². The Morgan fingerprint density at radius 3 is 2.48 bits per heavy atom. The molecule has 0 atom stereocenters. The predicted molar refractivity (Wildman–Crippen MR) is 125 cm³/mol. The van der Waals surface area contributed by atoms with Crippen LogP contribution in [-0.2, 0) is 9.53 Å². The lowest BCUT2D eigenvalue weighted by atomic mass is 10.0. The van der Waals surface area contributed by atoms with Gasteiger partial charge in [-0.1, -0.05) is 18.2 Å². The molecule has 1 amide bonds. The molecule has 1 heterocycles. The minimum atomic E-state index is 0.0586. The van der Waals surface area contributed by atoms with Crippen LogP contribution < -0.4 is 10.6 Å². The maximum Gasteiger partial charge on any atom is 0.242 e. The van der Waals surface area contributed by atoms with E-state index in [2.05, 4.69) is 11.0 Å². The Kier molecular flexibility index (Phi) is 8.40. The highest BCUT2D eigenvalue weighted by Crippen LogP contribution is 2.23. The van der Waals surface area contributed by atoms with Crippen molar-refractivity contribution in [1.82, 2.24) is 9.80 Å². The molecule has 0 aromatic heterocycles. The molecule has 1 fully saturated rings. The molecule has 2 N–H and O–H groups in total. The molecule has 3 rings (SSSR count). The van der Waals surface area contributed by atoms with Gasteiger partial charge < -0.3 is 20.3 Å². The Hall–Kier alpha value is -2.48. The fourth-order valence-corrected chi connectivity index (χ4v) is 3.81. The van der Waals surface area contributed by atoms with Crippen LogP contribution in [0.4, 0.5) is 5.69 Å². The highest BCUT2D eigenvalue weighted by Gasteiger charge is 2.18. The Labute approximate surface area is 184 Å². The summed E-state index contributed by atoms with van der Waals surface area (Å²) < 4.78 is 5.41. The Bertz CT molecular complexity index is 896. The second-order valence-corrected chi connectivity index (χ2v) is 8.14. The van der Waals surface area contributed by atoms with E-state index in [0.29, 0.717) is 31.7 Å². The van der Waals surface area contributed by atoms with Crippen LogP contribution in [0, 0.1) is 0 Å². The van der Waals surface area contributed by atoms with Crippen LogP contribution in [0.15, 0.2) is 36.4 Å². The first-order chi connectivity index (χ1) is 15.0. The molecule has 0 bridgehead atoms. The summed E-state index contributed by atoms with van der Waals surface area (Å²) in [7, 11) is 1.94. The largest absolute Gasteiger partial charge is 0.379 e. The third kappa shape index (κ3) is 6.50. The number of ether oxygens (including phenoxy) is 1. The van der Waals surface area contributed by atoms with Crippen LogP contribution >= 0.6 is 0 Å². The number of nitrogens with zero attached hydrogens (tertiary/aromatic N) is 3. The van der Waals surface area contributed by atoms with Crippen LogP contribution in [0.25, 0.3) is 10.8 Å². The van der Waals surface area contributed by atoms with E-state index in [1.54, 1.807) is 6.92 Å². The van der Waals surface area contributed by atoms with Crippen molar-refractivity contribution in [3.8, 4) is 0 Å². The van der Waals surface area contributed by atoms with Gasteiger partial charge in [-0.2, -0.15) is 0 Å². The number of Topliss-reactive ketones (excluding diaryl/α,β-unsaturated/α-hetero) is 1. The molecule has 0 saturated carbocycles. The Balaban J connectivity index is 1.63. The van der Waals surface area contributed by atoms with Crippen LogP contribution in [0.1, 0.15) is 23.7 Å². The summed E-state index contributed by atoms with van der Waals surface area (Å²) in [6.07, 6.45) is 0.799. The standard InChI is InChI=1S/C24H34N4O3/c1-19(29)20-4-5-22-17-23(7-6-21(22)16-20)26(2)18-24(30)28(9-3-8-25)11-10-27-12-14-31-15-13-27/h4-7,16-17H,3,8-15,18,25H2,1-2H3. The number of carbonyl (C=O) groups is 2. The molecule has 7 heteroatoms. The molecule has 0 radical (unpaired) electrons. The summed E-state index contributed by atoms with van der Waals surface area (Å²) in [6, 6.07) is 11.8. The number of benzene rings is 2. The van der Waals surface area contributed by atoms with Gasteiger partial charge in [0.05, 0.1) is 19.8 Å². The van der Waals surface area contributed by atoms with E-state index in [1.165, 1.54) is 0 Å². The van der Waals surface area contributed by atoms with Gasteiger partial charge in [0.1, 0.15) is 0 Å². The average Bonchev–Trinajstić information content (AvgIpc) is 2.78. The quantitative estimate of drug-likeness (QED) is 0.586. The first-order valence-corrected chi connectivity index (χ1v) is 11.0. The number of morpholine rings is 1. The number of hydrogen-bond donors (Lipinski definition) is 1. The Morgan fingerprint density at radius 2 is 1.77 bits per heavy atom. The van der Waals surface area contributed by atoms with Gasteiger partial charge in [0.15, 0.2) is 5.78 Å². The number of fused-ring (bicyclic) bond motifs is 1. The van der Waals surface area contributed by atoms with Crippen molar-refractivity contribution in [3.05, 3.63) is 42.0 Å². The van der Waals surface area contributed by atoms with Crippen LogP contribution in [0.5, 0.6) is 0 Å². The monoisotopic (exact) mass is 426 g/mol. The second kappa shape index (κ2) is 11.2. The van der Waals surface area contributed by atoms with E-state index in [1.807, 2.05) is 47.2 Å². The molecule has 2 aromatic carbocycles. The lowest BCUT2D eigenvalue weighted by Crippen LogP contribution is -2.46. The average molecular weight is 427 g/mol. The van der Waals surface area contributed by atoms with Gasteiger partial charge in [0.25, 0.3) is 0 Å². The van der Waals surface area contributed by atoms with Crippen LogP contribution in [-0.4, -0.2) is 87.6 Å². The minimum absolute atomic E-state index is 0.0586. The molecule has 31 heavy (non-hydrogen) atoms. The summed E-state index contributed by atoms with van der Waals surface area (Å²) in [6.45, 7) is 8.06. The predicted octanol–water partition coefficient (Wildman–Crippen LogP) is 1.99. The van der Waals surface area contributed by atoms with E-state index in [0.717, 1.165) is 55.7 Å². The third-order valence-corrected chi connectivity index (χ3v) is 5.82. The van der Waals surface area contributed by atoms with Crippen molar-refractivity contribution in [2.24, 2.45) is 5.73 Å². The van der Waals surface area contributed by atoms with Gasteiger partial charge in [-0.25, -0.2) is 0 Å². The van der Waals surface area contributed by atoms with Crippen molar-refractivity contribution in [2.45, 2.75) is 13.3 Å². The zero-order valence-electron chi connectivity index (χ0n) is 18.7. The fraction of sp³-hybridized carbons (Fsp3) is 0.500. The highest BCUT2D eigenvalue weighted by atomic mass is 16.5. The van der Waals surface area contributed by atoms with Gasteiger partial charge in [-0.15, -0.1) is 0 Å². The molecular formula is C24H34N4O3. The topological polar surface area (TPSA) is 79.1 Å². The summed E-state index contributed by atoms with van der Waals surface area (Å²) in [5.74, 6) is 0.166. The van der Waals surface area contributed by atoms with Crippen LogP contribution in [0.3, 0.4) is 0 Å². The molecule has 0 unspecified atom stereocenters. The molecule has 1 saturated heterocycles. The van der Waals surface area contributed by atoms with Crippen LogP contribution in [0.2, 0.25) is 0 Å². The maximum atomic E-state index is 13.1. The smallest absolute Gasteiger partial charge is 0.242 e. The highest BCUT2D eigenvalue weighted by molar-refractivity contribution is 5.99. The normalized spacial score (nSPS) is 14.5. The number of anilines is 1. The third-order valence-electron chi connectivity index (χ3n) is 5.82. The SMILES string of the molecule is CC(=O)c1ccc2cc(N(C)CC(=O)N(CCCN)CCN3CCOCC3)ccc2c1. The summed E-state index contributed by atoms with van der Waals surface area (Å²) in [5.41, 5.74) is 7.38. The number of likely N-dealkylation sites (N-methyl/N-ethyl adjacent to an activating group) is 1. The molecule has 1 aliphatic heterocycles. The Morgan fingerprint density at radius 1 is 1.06 bits per heavy atom. The van der Waals surface area contributed by atoms with Gasteiger partial charge in [0.2, 0.25) is 5.91 Å². The first kappa shape index (κ1) is 23.2. The zero-order chi connectivity index (χ0) is 22.2. The second-order valence-electron chi connectivity index (χ2n) is 8.14. The molecule has 7 nitrogen and oxygen atoms in total. The number of nitrogens with two attached hydrogens (primary N) is 1.